The third kappa shape index (κ3) is 3.14. The van der Waals surface area contributed by atoms with Crippen molar-refractivity contribution in [1.29, 1.82) is 0 Å². The van der Waals surface area contributed by atoms with Gasteiger partial charge in [-0.15, -0.1) is 0 Å². The van der Waals surface area contributed by atoms with Crippen molar-refractivity contribution in [3.8, 4) is 0 Å². The second-order valence-corrected chi connectivity index (χ2v) is 6.55. The van der Waals surface area contributed by atoms with Gasteiger partial charge >= 0.3 is 0 Å². The summed E-state index contributed by atoms with van der Waals surface area (Å²) in [5, 5.41) is 3.51. The van der Waals surface area contributed by atoms with Gasteiger partial charge in [0, 0.05) is 31.2 Å². The standard InChI is InChI=1S/C15H21BrF2N2/c1-4-10-7-19-14(9(2)3)8-20(10)15-5-11(16)12(17)6-13(15)18/h5-6,9-10,14,19H,4,7-8H2,1-3H3. The number of nitrogens with zero attached hydrogens (tertiary/aromatic N) is 1. The van der Waals surface area contributed by atoms with Crippen LogP contribution < -0.4 is 10.2 Å². The minimum absolute atomic E-state index is 0.233. The predicted octanol–water partition coefficient (Wildman–Crippen LogP) is 3.94. The first-order valence-electron chi connectivity index (χ1n) is 7.08. The minimum Gasteiger partial charge on any atom is -0.363 e. The molecule has 0 aromatic heterocycles. The molecule has 0 saturated carbocycles. The first-order chi connectivity index (χ1) is 9.43. The molecule has 2 atom stereocenters. The number of halogens is 3. The Hall–Kier alpha value is -0.680. The molecule has 1 fully saturated rings. The summed E-state index contributed by atoms with van der Waals surface area (Å²) in [4.78, 5) is 2.07. The number of piperazine rings is 1. The smallest absolute Gasteiger partial charge is 0.149 e. The minimum atomic E-state index is -0.560. The molecular weight excluding hydrogens is 326 g/mol. The van der Waals surface area contributed by atoms with Gasteiger partial charge in [0.2, 0.25) is 0 Å². The molecule has 5 heteroatoms. The van der Waals surface area contributed by atoms with Crippen molar-refractivity contribution in [2.75, 3.05) is 18.0 Å². The van der Waals surface area contributed by atoms with E-state index in [0.29, 0.717) is 22.1 Å². The fraction of sp³-hybridized carbons (Fsp3) is 0.600. The highest BCUT2D eigenvalue weighted by Gasteiger charge is 2.30. The lowest BCUT2D eigenvalue weighted by Crippen LogP contribution is -2.58. The molecule has 0 radical (unpaired) electrons. The molecule has 112 valence electrons. The average Bonchev–Trinajstić information content (AvgIpc) is 2.42. The molecule has 1 saturated heterocycles. The van der Waals surface area contributed by atoms with E-state index in [4.69, 9.17) is 0 Å². The lowest BCUT2D eigenvalue weighted by atomic mass is 9.97. The highest BCUT2D eigenvalue weighted by atomic mass is 79.9. The number of hydrogen-bond donors (Lipinski definition) is 1. The van der Waals surface area contributed by atoms with Crippen molar-refractivity contribution < 1.29 is 8.78 Å². The van der Waals surface area contributed by atoms with Gasteiger partial charge in [-0.1, -0.05) is 20.8 Å². The summed E-state index contributed by atoms with van der Waals surface area (Å²) in [5.41, 5.74) is 0.484. The van der Waals surface area contributed by atoms with Crippen molar-refractivity contribution in [3.63, 3.8) is 0 Å². The largest absolute Gasteiger partial charge is 0.363 e. The Morgan fingerprint density at radius 3 is 2.65 bits per heavy atom. The lowest BCUT2D eigenvalue weighted by molar-refractivity contribution is 0.323. The van der Waals surface area contributed by atoms with Gasteiger partial charge in [0.15, 0.2) is 0 Å². The molecule has 20 heavy (non-hydrogen) atoms. The van der Waals surface area contributed by atoms with Crippen LogP contribution in [0.1, 0.15) is 27.2 Å². The summed E-state index contributed by atoms with van der Waals surface area (Å²) in [6.07, 6.45) is 0.923. The van der Waals surface area contributed by atoms with Gasteiger partial charge in [-0.3, -0.25) is 0 Å². The molecule has 2 rings (SSSR count). The van der Waals surface area contributed by atoms with E-state index in [9.17, 15) is 8.78 Å². The summed E-state index contributed by atoms with van der Waals surface area (Å²) >= 11 is 3.15. The maximum atomic E-state index is 14.1. The van der Waals surface area contributed by atoms with E-state index in [1.165, 1.54) is 0 Å². The SMILES string of the molecule is CCC1CNC(C(C)C)CN1c1cc(Br)c(F)cc1F. The molecule has 2 nitrogen and oxygen atoms in total. The Morgan fingerprint density at radius 1 is 1.35 bits per heavy atom. The maximum absolute atomic E-state index is 14.1. The number of rotatable bonds is 3. The summed E-state index contributed by atoms with van der Waals surface area (Å²) in [6.45, 7) is 7.96. The quantitative estimate of drug-likeness (QED) is 0.834. The van der Waals surface area contributed by atoms with Gasteiger partial charge in [-0.05, 0) is 34.3 Å². The van der Waals surface area contributed by atoms with E-state index in [1.807, 2.05) is 0 Å². The van der Waals surface area contributed by atoms with Crippen LogP contribution in [0.15, 0.2) is 16.6 Å². The van der Waals surface area contributed by atoms with Crippen molar-refractivity contribution in [1.82, 2.24) is 5.32 Å². The fourth-order valence-electron chi connectivity index (χ4n) is 2.66. The van der Waals surface area contributed by atoms with Crippen LogP contribution in [0.4, 0.5) is 14.5 Å². The van der Waals surface area contributed by atoms with Crippen LogP contribution in [0.2, 0.25) is 0 Å². The zero-order chi connectivity index (χ0) is 14.9. The number of benzene rings is 1. The van der Waals surface area contributed by atoms with Crippen LogP contribution in [-0.4, -0.2) is 25.2 Å². The van der Waals surface area contributed by atoms with Crippen LogP contribution in [0.5, 0.6) is 0 Å². The zero-order valence-corrected chi connectivity index (χ0v) is 13.7. The van der Waals surface area contributed by atoms with Crippen molar-refractivity contribution in [2.24, 2.45) is 5.92 Å². The molecule has 1 aliphatic rings. The Kier molecular flexibility index (Phi) is 5.02. The highest BCUT2D eigenvalue weighted by Crippen LogP contribution is 2.30. The van der Waals surface area contributed by atoms with Crippen LogP contribution in [0.25, 0.3) is 0 Å². The third-order valence-electron chi connectivity index (χ3n) is 4.02. The number of hydrogen-bond acceptors (Lipinski definition) is 2. The zero-order valence-electron chi connectivity index (χ0n) is 12.1. The molecule has 1 N–H and O–H groups in total. The van der Waals surface area contributed by atoms with Gasteiger partial charge < -0.3 is 10.2 Å². The van der Waals surface area contributed by atoms with E-state index in [2.05, 4.69) is 46.9 Å². The van der Waals surface area contributed by atoms with Crippen LogP contribution in [0, 0.1) is 17.6 Å². The molecule has 0 amide bonds. The van der Waals surface area contributed by atoms with Gasteiger partial charge in [0.1, 0.15) is 11.6 Å². The molecule has 1 heterocycles. The van der Waals surface area contributed by atoms with Crippen LogP contribution in [-0.2, 0) is 0 Å². The van der Waals surface area contributed by atoms with E-state index >= 15 is 0 Å². The molecule has 0 aliphatic carbocycles. The summed E-state index contributed by atoms with van der Waals surface area (Å²) in [5.74, 6) is -0.578. The van der Waals surface area contributed by atoms with E-state index in [-0.39, 0.29) is 6.04 Å². The van der Waals surface area contributed by atoms with Gasteiger partial charge in [-0.25, -0.2) is 8.78 Å². The topological polar surface area (TPSA) is 15.3 Å². The van der Waals surface area contributed by atoms with Crippen molar-refractivity contribution >= 4 is 21.6 Å². The molecule has 1 aromatic carbocycles. The Bertz CT molecular complexity index is 479. The van der Waals surface area contributed by atoms with E-state index in [1.54, 1.807) is 6.07 Å². The van der Waals surface area contributed by atoms with Crippen molar-refractivity contribution in [3.05, 3.63) is 28.2 Å². The average molecular weight is 347 g/mol. The second kappa shape index (κ2) is 6.39. The maximum Gasteiger partial charge on any atom is 0.149 e. The van der Waals surface area contributed by atoms with Crippen molar-refractivity contribution in [2.45, 2.75) is 39.3 Å². The Labute approximate surface area is 127 Å². The number of anilines is 1. The van der Waals surface area contributed by atoms with Crippen LogP contribution in [0.3, 0.4) is 0 Å². The lowest BCUT2D eigenvalue weighted by Gasteiger charge is -2.43. The molecule has 1 aromatic rings. The van der Waals surface area contributed by atoms with E-state index < -0.39 is 11.6 Å². The summed E-state index contributed by atoms with van der Waals surface area (Å²) < 4.78 is 27.8. The normalized spacial score (nSPS) is 23.4. The predicted molar refractivity (Wildman–Crippen MR) is 82.1 cm³/mol. The molecule has 1 aliphatic heterocycles. The molecule has 0 spiro atoms. The first kappa shape index (κ1) is 15.7. The first-order valence-corrected chi connectivity index (χ1v) is 7.87. The third-order valence-corrected chi connectivity index (χ3v) is 4.63. The number of nitrogens with one attached hydrogen (secondary N) is 1. The molecule has 2 unspecified atom stereocenters. The van der Waals surface area contributed by atoms with E-state index in [0.717, 1.165) is 25.6 Å². The molecular formula is C15H21BrF2N2. The second-order valence-electron chi connectivity index (χ2n) is 5.69. The highest BCUT2D eigenvalue weighted by molar-refractivity contribution is 9.10. The van der Waals surface area contributed by atoms with Crippen LogP contribution >= 0.6 is 15.9 Å². The summed E-state index contributed by atoms with van der Waals surface area (Å²) in [7, 11) is 0. The summed E-state index contributed by atoms with van der Waals surface area (Å²) in [6, 6.07) is 3.06. The monoisotopic (exact) mass is 346 g/mol. The van der Waals surface area contributed by atoms with Gasteiger partial charge in [0.25, 0.3) is 0 Å². The van der Waals surface area contributed by atoms with Gasteiger partial charge in [-0.2, -0.15) is 0 Å². The van der Waals surface area contributed by atoms with Gasteiger partial charge in [0.05, 0.1) is 10.2 Å². The Balaban J connectivity index is 2.33. The fourth-order valence-corrected chi connectivity index (χ4v) is 2.99. The molecule has 0 bridgehead atoms. The Morgan fingerprint density at radius 2 is 2.05 bits per heavy atom.